The highest BCUT2D eigenvalue weighted by Gasteiger charge is 2.33. The molecule has 12 heteroatoms. The Balaban J connectivity index is 2.31. The number of alkyl halides is 3. The van der Waals surface area contributed by atoms with E-state index in [1.165, 1.54) is 12.1 Å². The Labute approximate surface area is 170 Å². The van der Waals surface area contributed by atoms with Gasteiger partial charge in [-0.1, -0.05) is 30.3 Å². The van der Waals surface area contributed by atoms with Crippen LogP contribution in [-0.4, -0.2) is 39.8 Å². The second-order valence-electron chi connectivity index (χ2n) is 6.47. The van der Waals surface area contributed by atoms with Crippen LogP contribution in [0.2, 0.25) is 0 Å². The van der Waals surface area contributed by atoms with Crippen molar-refractivity contribution in [3.8, 4) is 11.1 Å². The maximum Gasteiger partial charge on any atom is 0.470 e. The lowest BCUT2D eigenvalue weighted by molar-refractivity contribution is -0.133. The molecule has 1 aromatic carbocycles. The van der Waals surface area contributed by atoms with E-state index >= 15 is 0 Å². The first-order valence-corrected chi connectivity index (χ1v) is 10.2. The Morgan fingerprint density at radius 3 is 2.23 bits per heavy atom. The maximum absolute atomic E-state index is 13.4. The van der Waals surface area contributed by atoms with Gasteiger partial charge in [-0.15, -0.1) is 0 Å². The summed E-state index contributed by atoms with van der Waals surface area (Å²) in [5, 5.41) is 1.70. The minimum absolute atomic E-state index is 0.0689. The minimum Gasteiger partial charge on any atom is -0.343 e. The van der Waals surface area contributed by atoms with Gasteiger partial charge in [0.15, 0.2) is 0 Å². The van der Waals surface area contributed by atoms with E-state index in [0.717, 1.165) is 0 Å². The van der Waals surface area contributed by atoms with Gasteiger partial charge in [0.05, 0.1) is 11.7 Å². The number of amides is 1. The fourth-order valence-electron chi connectivity index (χ4n) is 2.67. The molecule has 0 spiro atoms. The van der Waals surface area contributed by atoms with Gasteiger partial charge in [0.1, 0.15) is 12.8 Å². The molecule has 1 heterocycles. The molecule has 164 valence electrons. The van der Waals surface area contributed by atoms with Crippen molar-refractivity contribution in [3.05, 3.63) is 53.9 Å². The van der Waals surface area contributed by atoms with Gasteiger partial charge in [-0.25, -0.2) is 8.96 Å². The van der Waals surface area contributed by atoms with Gasteiger partial charge in [-0.05, 0) is 24.1 Å². The molecular weight excluding hydrogens is 426 g/mol. The lowest BCUT2D eigenvalue weighted by Gasteiger charge is -2.26. The van der Waals surface area contributed by atoms with Gasteiger partial charge in [0.2, 0.25) is 0 Å². The number of nitrogens with two attached hydrogens (primary N) is 1. The number of benzene rings is 1. The number of hydrogen-bond donors (Lipinski definition) is 4. The molecule has 0 radical (unpaired) electrons. The van der Waals surface area contributed by atoms with E-state index in [2.05, 4.69) is 9.51 Å². The number of carbonyl (C=O) groups excluding carboxylic acids is 1. The molecule has 5 N–H and O–H groups in total. The number of aromatic nitrogens is 1. The van der Waals surface area contributed by atoms with Crippen molar-refractivity contribution in [1.82, 2.24) is 10.3 Å². The smallest absolute Gasteiger partial charge is 0.343 e. The summed E-state index contributed by atoms with van der Waals surface area (Å²) in [6.07, 6.45) is -3.54. The van der Waals surface area contributed by atoms with Crippen molar-refractivity contribution < 1.29 is 36.8 Å². The Morgan fingerprint density at radius 2 is 1.80 bits per heavy atom. The molecule has 2 rings (SSSR count). The van der Waals surface area contributed by atoms with E-state index in [0.29, 0.717) is 16.8 Å². The molecule has 1 aromatic heterocycles. The summed E-state index contributed by atoms with van der Waals surface area (Å²) in [5.41, 5.74) is 7.89. The van der Waals surface area contributed by atoms with E-state index in [4.69, 9.17) is 15.5 Å². The number of hydrogen-bond acceptors (Lipinski definition) is 5. The topological polar surface area (TPSA) is 135 Å². The number of pyridine rings is 1. The third kappa shape index (κ3) is 6.61. The second-order valence-corrected chi connectivity index (χ2v) is 7.66. The normalized spacial score (nSPS) is 14.9. The van der Waals surface area contributed by atoms with Crippen LogP contribution in [0.1, 0.15) is 30.3 Å². The van der Waals surface area contributed by atoms with E-state index in [-0.39, 0.29) is 11.6 Å². The van der Waals surface area contributed by atoms with Crippen molar-refractivity contribution in [2.45, 2.75) is 31.5 Å². The predicted octanol–water partition coefficient (Wildman–Crippen LogP) is 2.64. The first kappa shape index (κ1) is 24.0. The molecule has 0 fully saturated rings. The molecular formula is C18H21F3N3O5P. The average Bonchev–Trinajstić information content (AvgIpc) is 2.69. The molecule has 2 aromatic rings. The van der Waals surface area contributed by atoms with Crippen molar-refractivity contribution in [2.75, 3.05) is 6.67 Å². The van der Waals surface area contributed by atoms with E-state index in [9.17, 15) is 22.5 Å². The van der Waals surface area contributed by atoms with Crippen LogP contribution in [0, 0.1) is 0 Å². The monoisotopic (exact) mass is 447 g/mol. The zero-order chi connectivity index (χ0) is 22.5. The molecule has 0 aliphatic rings. The van der Waals surface area contributed by atoms with E-state index in [1.807, 2.05) is 0 Å². The summed E-state index contributed by atoms with van der Waals surface area (Å²) >= 11 is 0. The van der Waals surface area contributed by atoms with E-state index < -0.39 is 39.0 Å². The van der Waals surface area contributed by atoms with Crippen molar-refractivity contribution >= 4 is 13.7 Å². The van der Waals surface area contributed by atoms with Gasteiger partial charge >= 0.3 is 14.2 Å². The van der Waals surface area contributed by atoms with Gasteiger partial charge in [-0.2, -0.15) is 8.78 Å². The summed E-state index contributed by atoms with van der Waals surface area (Å²) in [4.78, 5) is 33.7. The molecule has 0 bridgehead atoms. The summed E-state index contributed by atoms with van der Waals surface area (Å²) in [5.74, 6) is -1.78. The van der Waals surface area contributed by atoms with Crippen LogP contribution in [0.5, 0.6) is 0 Å². The lowest BCUT2D eigenvalue weighted by atomic mass is 9.99. The third-order valence-corrected chi connectivity index (χ3v) is 4.64. The lowest BCUT2D eigenvalue weighted by Crippen LogP contribution is -2.44. The Kier molecular flexibility index (Phi) is 8.10. The molecule has 8 nitrogen and oxygen atoms in total. The quantitative estimate of drug-likeness (QED) is 0.434. The van der Waals surface area contributed by atoms with Gasteiger partial charge < -0.3 is 20.8 Å². The molecule has 3 atom stereocenters. The van der Waals surface area contributed by atoms with Gasteiger partial charge in [0, 0.05) is 17.8 Å². The Morgan fingerprint density at radius 1 is 1.20 bits per heavy atom. The highest BCUT2D eigenvalue weighted by molar-refractivity contribution is 7.46. The molecule has 2 unspecified atom stereocenters. The van der Waals surface area contributed by atoms with Crippen LogP contribution < -0.4 is 11.1 Å². The highest BCUT2D eigenvalue weighted by Crippen LogP contribution is 2.44. The summed E-state index contributed by atoms with van der Waals surface area (Å²) in [6.45, 7) is 0.388. The number of nitrogens with one attached hydrogen (secondary N) is 1. The third-order valence-electron chi connectivity index (χ3n) is 4.13. The molecule has 1 amide bonds. The molecule has 0 saturated heterocycles. The zero-order valence-corrected chi connectivity index (χ0v) is 16.7. The van der Waals surface area contributed by atoms with Crippen LogP contribution in [0.3, 0.4) is 0 Å². The number of nitrogens with zero attached hydrogens (tertiary/aromatic N) is 1. The minimum atomic E-state index is -5.13. The largest absolute Gasteiger partial charge is 0.470 e. The van der Waals surface area contributed by atoms with Crippen LogP contribution >= 0.6 is 7.82 Å². The number of carbonyl (C=O) groups is 1. The molecule has 30 heavy (non-hydrogen) atoms. The SMILES string of the molecule is C[C@H](N)c1ccc(-c2ccc(C(OP(=O)(O)O)C(CF)NC(=O)C(F)F)cc2)cn1. The number of phosphoric acid groups is 1. The number of rotatable bonds is 9. The summed E-state index contributed by atoms with van der Waals surface area (Å²) < 4.78 is 54.3. The summed E-state index contributed by atoms with van der Waals surface area (Å²) in [7, 11) is -5.13. The Bertz CT molecular complexity index is 891. The number of halogens is 3. The van der Waals surface area contributed by atoms with Crippen molar-refractivity contribution in [3.63, 3.8) is 0 Å². The number of phosphoric ester groups is 1. The maximum atomic E-state index is 13.4. The molecule has 0 aliphatic carbocycles. The van der Waals surface area contributed by atoms with Crippen molar-refractivity contribution in [1.29, 1.82) is 0 Å². The van der Waals surface area contributed by atoms with Crippen LogP contribution in [0.25, 0.3) is 11.1 Å². The van der Waals surface area contributed by atoms with Crippen LogP contribution in [0.4, 0.5) is 13.2 Å². The first-order valence-electron chi connectivity index (χ1n) is 8.72. The zero-order valence-electron chi connectivity index (χ0n) is 15.8. The summed E-state index contributed by atoms with van der Waals surface area (Å²) in [6, 6.07) is 7.41. The van der Waals surface area contributed by atoms with Gasteiger partial charge in [-0.3, -0.25) is 14.3 Å². The first-order chi connectivity index (χ1) is 14.0. The van der Waals surface area contributed by atoms with Gasteiger partial charge in [0.25, 0.3) is 5.91 Å². The Hall–Kier alpha value is -2.30. The van der Waals surface area contributed by atoms with Crippen LogP contribution in [-0.2, 0) is 13.9 Å². The van der Waals surface area contributed by atoms with E-state index in [1.54, 1.807) is 42.7 Å². The predicted molar refractivity (Wildman–Crippen MR) is 102 cm³/mol. The second kappa shape index (κ2) is 10.1. The van der Waals surface area contributed by atoms with Crippen molar-refractivity contribution in [2.24, 2.45) is 5.73 Å². The highest BCUT2D eigenvalue weighted by atomic mass is 31.2. The average molecular weight is 447 g/mol. The van der Waals surface area contributed by atoms with Crippen LogP contribution in [0.15, 0.2) is 42.6 Å². The molecule has 0 aliphatic heterocycles. The fraction of sp³-hybridized carbons (Fsp3) is 0.333. The standard InChI is InChI=1S/C18H21F3N3O5P/c1-10(22)14-7-6-13(9-23-14)11-2-4-12(5-3-11)16(29-30(26,27)28)15(8-19)24-18(25)17(20)21/h2-7,9-10,15-17H,8,22H2,1H3,(H,24,25)(H2,26,27,28)/t10-,15?,16?/m0/s1. The molecule has 0 saturated carbocycles. The fourth-order valence-corrected chi connectivity index (χ4v) is 3.23.